The van der Waals surface area contributed by atoms with E-state index in [9.17, 15) is 4.79 Å². The van der Waals surface area contributed by atoms with Crippen LogP contribution in [-0.2, 0) is 9.53 Å². The minimum Gasteiger partial charge on any atom is -0.491 e. The molecule has 0 aliphatic carbocycles. The molecule has 0 saturated carbocycles. The van der Waals surface area contributed by atoms with Crippen LogP contribution < -0.4 is 4.74 Å². The molecule has 1 N–H and O–H groups in total. The van der Waals surface area contributed by atoms with Crippen LogP contribution >= 0.6 is 0 Å². The molecule has 0 fully saturated rings. The van der Waals surface area contributed by atoms with Gasteiger partial charge in [-0.05, 0) is 39.0 Å². The average molecular weight is 264 g/mol. The van der Waals surface area contributed by atoms with E-state index in [0.29, 0.717) is 19.0 Å². The van der Waals surface area contributed by atoms with Gasteiger partial charge >= 0.3 is 5.97 Å². The van der Waals surface area contributed by atoms with Crippen LogP contribution in [0.4, 0.5) is 0 Å². The predicted octanol–water partition coefficient (Wildman–Crippen LogP) is 2.90. The van der Waals surface area contributed by atoms with E-state index in [4.69, 9.17) is 14.6 Å². The molecule has 4 nitrogen and oxygen atoms in total. The molecule has 0 aromatic heterocycles. The van der Waals surface area contributed by atoms with E-state index < -0.39 is 5.97 Å². The van der Waals surface area contributed by atoms with Gasteiger partial charge in [-0.1, -0.05) is 11.6 Å². The summed E-state index contributed by atoms with van der Waals surface area (Å²) in [6.45, 7) is 6.83. The first-order valence-electron chi connectivity index (χ1n) is 6.25. The third-order valence-electron chi connectivity index (χ3n) is 2.36. The van der Waals surface area contributed by atoms with Crippen LogP contribution in [0.1, 0.15) is 25.0 Å². The zero-order valence-corrected chi connectivity index (χ0v) is 11.6. The van der Waals surface area contributed by atoms with Crippen molar-refractivity contribution in [2.75, 3.05) is 13.2 Å². The standard InChI is InChI=1S/C15H20O4/c1-11(2)18-8-9-19-14-6-4-12(3)10-13(14)5-7-15(16)17/h4-7,10-11H,8-9H2,1-3H3,(H,16,17). The smallest absolute Gasteiger partial charge is 0.328 e. The van der Waals surface area contributed by atoms with Gasteiger partial charge < -0.3 is 14.6 Å². The van der Waals surface area contributed by atoms with E-state index in [1.54, 1.807) is 0 Å². The number of carbonyl (C=O) groups is 1. The molecule has 0 aliphatic rings. The molecular weight excluding hydrogens is 244 g/mol. The number of hydrogen-bond donors (Lipinski definition) is 1. The fraction of sp³-hybridized carbons (Fsp3) is 0.400. The molecular formula is C15H20O4. The number of aryl methyl sites for hydroxylation is 1. The summed E-state index contributed by atoms with van der Waals surface area (Å²) in [6.07, 6.45) is 2.81. The van der Waals surface area contributed by atoms with Gasteiger partial charge in [0.05, 0.1) is 12.7 Å². The SMILES string of the molecule is Cc1ccc(OCCOC(C)C)c(C=CC(=O)O)c1. The molecule has 0 saturated heterocycles. The maximum absolute atomic E-state index is 10.6. The van der Waals surface area contributed by atoms with Crippen molar-refractivity contribution in [1.82, 2.24) is 0 Å². The zero-order chi connectivity index (χ0) is 14.3. The Balaban J connectivity index is 2.68. The van der Waals surface area contributed by atoms with Crippen molar-refractivity contribution in [1.29, 1.82) is 0 Å². The van der Waals surface area contributed by atoms with E-state index >= 15 is 0 Å². The van der Waals surface area contributed by atoms with Gasteiger partial charge in [-0.3, -0.25) is 0 Å². The maximum atomic E-state index is 10.6. The zero-order valence-electron chi connectivity index (χ0n) is 11.6. The van der Waals surface area contributed by atoms with Crippen LogP contribution in [0.5, 0.6) is 5.75 Å². The molecule has 0 bridgehead atoms. The Kier molecular flexibility index (Phi) is 6.09. The Labute approximate surface area is 113 Å². The van der Waals surface area contributed by atoms with Crippen molar-refractivity contribution in [2.45, 2.75) is 26.9 Å². The number of benzene rings is 1. The quantitative estimate of drug-likeness (QED) is 0.607. The number of carboxylic acid groups (broad SMARTS) is 1. The highest BCUT2D eigenvalue weighted by atomic mass is 16.5. The van der Waals surface area contributed by atoms with Gasteiger partial charge in [0.15, 0.2) is 0 Å². The summed E-state index contributed by atoms with van der Waals surface area (Å²) in [5.41, 5.74) is 1.81. The molecule has 1 aromatic rings. The second-order valence-electron chi connectivity index (χ2n) is 4.48. The van der Waals surface area contributed by atoms with Gasteiger partial charge in [0.1, 0.15) is 12.4 Å². The van der Waals surface area contributed by atoms with Gasteiger partial charge in [0.2, 0.25) is 0 Å². The first kappa shape index (κ1) is 15.2. The lowest BCUT2D eigenvalue weighted by Gasteiger charge is -2.11. The number of rotatable bonds is 7. The van der Waals surface area contributed by atoms with Crippen molar-refractivity contribution in [2.24, 2.45) is 0 Å². The molecule has 0 aliphatic heterocycles. The van der Waals surface area contributed by atoms with Crippen molar-refractivity contribution in [3.63, 3.8) is 0 Å². The minimum absolute atomic E-state index is 0.174. The third-order valence-corrected chi connectivity index (χ3v) is 2.36. The average Bonchev–Trinajstić information content (AvgIpc) is 2.33. The summed E-state index contributed by atoms with van der Waals surface area (Å²) in [4.78, 5) is 10.6. The Morgan fingerprint density at radius 2 is 2.11 bits per heavy atom. The minimum atomic E-state index is -0.976. The Morgan fingerprint density at radius 3 is 2.74 bits per heavy atom. The third kappa shape index (κ3) is 6.06. The van der Waals surface area contributed by atoms with E-state index in [1.165, 1.54) is 6.08 Å². The van der Waals surface area contributed by atoms with Gasteiger partial charge in [-0.15, -0.1) is 0 Å². The van der Waals surface area contributed by atoms with Gasteiger partial charge in [-0.2, -0.15) is 0 Å². The summed E-state index contributed by atoms with van der Waals surface area (Å²) in [5.74, 6) is -0.314. The van der Waals surface area contributed by atoms with Crippen LogP contribution in [0.25, 0.3) is 6.08 Å². The van der Waals surface area contributed by atoms with Crippen molar-refractivity contribution < 1.29 is 19.4 Å². The van der Waals surface area contributed by atoms with Crippen molar-refractivity contribution >= 4 is 12.0 Å². The summed E-state index contributed by atoms with van der Waals surface area (Å²) in [6, 6.07) is 5.65. The van der Waals surface area contributed by atoms with E-state index in [1.807, 2.05) is 39.0 Å². The lowest BCUT2D eigenvalue weighted by molar-refractivity contribution is -0.131. The fourth-order valence-electron chi connectivity index (χ4n) is 1.53. The second kappa shape index (κ2) is 7.59. The van der Waals surface area contributed by atoms with Gasteiger partial charge in [-0.25, -0.2) is 4.79 Å². The van der Waals surface area contributed by atoms with E-state index in [2.05, 4.69) is 0 Å². The topological polar surface area (TPSA) is 55.8 Å². The fourth-order valence-corrected chi connectivity index (χ4v) is 1.53. The molecule has 0 amide bonds. The van der Waals surface area contributed by atoms with E-state index in [-0.39, 0.29) is 6.10 Å². The van der Waals surface area contributed by atoms with Crippen LogP contribution in [-0.4, -0.2) is 30.4 Å². The normalized spacial score (nSPS) is 11.2. The highest BCUT2D eigenvalue weighted by Gasteiger charge is 2.02. The second-order valence-corrected chi connectivity index (χ2v) is 4.48. The highest BCUT2D eigenvalue weighted by Crippen LogP contribution is 2.21. The molecule has 104 valence electrons. The van der Waals surface area contributed by atoms with Crippen molar-refractivity contribution in [3.8, 4) is 5.75 Å². The Hall–Kier alpha value is -1.81. The van der Waals surface area contributed by atoms with Crippen molar-refractivity contribution in [3.05, 3.63) is 35.4 Å². The molecule has 4 heteroatoms. The molecule has 0 unspecified atom stereocenters. The molecule has 1 rings (SSSR count). The van der Waals surface area contributed by atoms with Gasteiger partial charge in [0.25, 0.3) is 0 Å². The largest absolute Gasteiger partial charge is 0.491 e. The molecule has 0 heterocycles. The molecule has 1 aromatic carbocycles. The van der Waals surface area contributed by atoms with Gasteiger partial charge in [0, 0.05) is 11.6 Å². The maximum Gasteiger partial charge on any atom is 0.328 e. The molecule has 0 radical (unpaired) electrons. The molecule has 19 heavy (non-hydrogen) atoms. The number of hydrogen-bond acceptors (Lipinski definition) is 3. The summed E-state index contributed by atoms with van der Waals surface area (Å²) in [7, 11) is 0. The first-order chi connectivity index (χ1) is 8.99. The molecule has 0 atom stereocenters. The number of carboxylic acids is 1. The monoisotopic (exact) mass is 264 g/mol. The van der Waals surface area contributed by atoms with Crippen LogP contribution in [0.3, 0.4) is 0 Å². The highest BCUT2D eigenvalue weighted by molar-refractivity contribution is 5.85. The lowest BCUT2D eigenvalue weighted by Crippen LogP contribution is -2.11. The Morgan fingerprint density at radius 1 is 1.37 bits per heavy atom. The summed E-state index contributed by atoms with van der Waals surface area (Å²) in [5, 5.41) is 8.66. The van der Waals surface area contributed by atoms with E-state index in [0.717, 1.165) is 17.2 Å². The summed E-state index contributed by atoms with van der Waals surface area (Å²) >= 11 is 0. The van der Waals surface area contributed by atoms with Crippen LogP contribution in [0, 0.1) is 6.92 Å². The molecule has 0 spiro atoms. The number of ether oxygens (including phenoxy) is 2. The summed E-state index contributed by atoms with van der Waals surface area (Å²) < 4.78 is 11.0. The lowest BCUT2D eigenvalue weighted by atomic mass is 10.1. The van der Waals surface area contributed by atoms with Crippen LogP contribution in [0.15, 0.2) is 24.3 Å². The first-order valence-corrected chi connectivity index (χ1v) is 6.25. The van der Waals surface area contributed by atoms with Crippen LogP contribution in [0.2, 0.25) is 0 Å². The Bertz CT molecular complexity index is 449. The number of aliphatic carboxylic acids is 1. The predicted molar refractivity (Wildman–Crippen MR) is 74.4 cm³/mol.